The summed E-state index contributed by atoms with van der Waals surface area (Å²) in [5, 5.41) is 5.05. The van der Waals surface area contributed by atoms with Gasteiger partial charge >= 0.3 is 0 Å². The van der Waals surface area contributed by atoms with E-state index in [0.717, 1.165) is 41.0 Å². The number of hydrogen-bond donors (Lipinski definition) is 1. The summed E-state index contributed by atoms with van der Waals surface area (Å²) in [6.07, 6.45) is 7.12. The van der Waals surface area contributed by atoms with Gasteiger partial charge in [0.05, 0.1) is 12.1 Å². The van der Waals surface area contributed by atoms with Gasteiger partial charge in [-0.1, -0.05) is 11.2 Å². The van der Waals surface area contributed by atoms with Gasteiger partial charge in [-0.25, -0.2) is 4.98 Å². The smallest absolute Gasteiger partial charge is 0.227 e. The first-order valence-corrected chi connectivity index (χ1v) is 8.44. The topological polar surface area (TPSA) is 75.0 Å². The number of aromatic nitrogens is 3. The van der Waals surface area contributed by atoms with Gasteiger partial charge in [0.15, 0.2) is 0 Å². The van der Waals surface area contributed by atoms with Crippen LogP contribution in [0.2, 0.25) is 0 Å². The van der Waals surface area contributed by atoms with Crippen LogP contribution < -0.4 is 0 Å². The van der Waals surface area contributed by atoms with Gasteiger partial charge in [-0.05, 0) is 38.0 Å². The highest BCUT2D eigenvalue weighted by atomic mass is 16.5. The van der Waals surface area contributed by atoms with E-state index >= 15 is 0 Å². The molecule has 6 heteroatoms. The zero-order valence-corrected chi connectivity index (χ0v) is 14.4. The molecule has 4 rings (SSSR count). The Labute approximate surface area is 145 Å². The summed E-state index contributed by atoms with van der Waals surface area (Å²) in [6.45, 7) is 5.08. The highest BCUT2D eigenvalue weighted by molar-refractivity contribution is 5.91. The van der Waals surface area contributed by atoms with Crippen molar-refractivity contribution in [2.24, 2.45) is 0 Å². The van der Waals surface area contributed by atoms with Crippen molar-refractivity contribution in [3.05, 3.63) is 53.2 Å². The predicted molar refractivity (Wildman–Crippen MR) is 94.9 cm³/mol. The Balaban J connectivity index is 1.49. The zero-order chi connectivity index (χ0) is 17.4. The van der Waals surface area contributed by atoms with Crippen LogP contribution in [0.15, 0.2) is 35.1 Å². The van der Waals surface area contributed by atoms with Crippen LogP contribution in [0.4, 0.5) is 0 Å². The standard InChI is InChI=1S/C19H20N4O2/c1-12-16(13(2)25-22-12)10-18(24)23-8-5-14(6-9-23)17-11-21-19-15(17)4-3-7-20-19/h3-5,7,11H,6,8-10H2,1-2H3,(H,20,21). The Morgan fingerprint density at radius 1 is 1.40 bits per heavy atom. The van der Waals surface area contributed by atoms with Crippen LogP contribution in [-0.4, -0.2) is 39.0 Å². The fourth-order valence-electron chi connectivity index (χ4n) is 3.38. The molecule has 0 bridgehead atoms. The Hall–Kier alpha value is -2.89. The molecule has 0 aromatic carbocycles. The number of fused-ring (bicyclic) bond motifs is 1. The average Bonchev–Trinajstić information content (AvgIpc) is 3.20. The van der Waals surface area contributed by atoms with E-state index in [4.69, 9.17) is 4.52 Å². The first kappa shape index (κ1) is 15.6. The Morgan fingerprint density at radius 3 is 3.00 bits per heavy atom. The third-order valence-corrected chi connectivity index (χ3v) is 4.87. The maximum Gasteiger partial charge on any atom is 0.227 e. The van der Waals surface area contributed by atoms with Gasteiger partial charge in [-0.2, -0.15) is 0 Å². The monoisotopic (exact) mass is 336 g/mol. The molecule has 0 saturated heterocycles. The first-order valence-electron chi connectivity index (χ1n) is 8.44. The van der Waals surface area contributed by atoms with Crippen molar-refractivity contribution in [1.29, 1.82) is 0 Å². The lowest BCUT2D eigenvalue weighted by Gasteiger charge is -2.26. The molecule has 3 aromatic heterocycles. The number of hydrogen-bond acceptors (Lipinski definition) is 4. The maximum atomic E-state index is 12.6. The minimum Gasteiger partial charge on any atom is -0.361 e. The molecule has 0 radical (unpaired) electrons. The second-order valence-electron chi connectivity index (χ2n) is 6.40. The van der Waals surface area contributed by atoms with Crippen molar-refractivity contribution >= 4 is 22.5 Å². The number of carbonyl (C=O) groups is 1. The van der Waals surface area contributed by atoms with Gasteiger partial charge in [0, 0.05) is 42.0 Å². The first-order chi connectivity index (χ1) is 12.1. The van der Waals surface area contributed by atoms with Crippen molar-refractivity contribution in [3.8, 4) is 0 Å². The van der Waals surface area contributed by atoms with Gasteiger partial charge < -0.3 is 14.4 Å². The van der Waals surface area contributed by atoms with Crippen molar-refractivity contribution in [1.82, 2.24) is 20.0 Å². The number of H-pyrrole nitrogens is 1. The minimum atomic E-state index is 0.116. The lowest BCUT2D eigenvalue weighted by atomic mass is 9.99. The molecule has 0 aliphatic carbocycles. The van der Waals surface area contributed by atoms with Crippen molar-refractivity contribution in [2.45, 2.75) is 26.7 Å². The van der Waals surface area contributed by atoms with E-state index in [1.54, 1.807) is 6.20 Å². The van der Waals surface area contributed by atoms with Crippen LogP contribution in [0.1, 0.15) is 29.0 Å². The fourth-order valence-corrected chi connectivity index (χ4v) is 3.38. The van der Waals surface area contributed by atoms with E-state index in [2.05, 4.69) is 27.3 Å². The Kier molecular flexibility index (Phi) is 3.87. The zero-order valence-electron chi connectivity index (χ0n) is 14.4. The SMILES string of the molecule is Cc1noc(C)c1CC(=O)N1CC=C(c2c[nH]c3ncccc23)CC1. The lowest BCUT2D eigenvalue weighted by molar-refractivity contribution is -0.130. The van der Waals surface area contributed by atoms with E-state index in [0.29, 0.717) is 13.0 Å². The highest BCUT2D eigenvalue weighted by Gasteiger charge is 2.22. The van der Waals surface area contributed by atoms with Gasteiger partial charge in [-0.3, -0.25) is 4.79 Å². The van der Waals surface area contributed by atoms with E-state index in [1.165, 1.54) is 11.1 Å². The van der Waals surface area contributed by atoms with Crippen LogP contribution in [-0.2, 0) is 11.2 Å². The summed E-state index contributed by atoms with van der Waals surface area (Å²) in [5.74, 6) is 0.843. The van der Waals surface area contributed by atoms with E-state index in [9.17, 15) is 4.79 Å². The summed E-state index contributed by atoms with van der Waals surface area (Å²) in [4.78, 5) is 22.0. The van der Waals surface area contributed by atoms with Crippen molar-refractivity contribution in [3.63, 3.8) is 0 Å². The van der Waals surface area contributed by atoms with Gasteiger partial charge in [0.2, 0.25) is 5.91 Å². The van der Waals surface area contributed by atoms with E-state index in [1.807, 2.05) is 31.0 Å². The molecule has 6 nitrogen and oxygen atoms in total. The predicted octanol–water partition coefficient (Wildman–Crippen LogP) is 3.03. The molecule has 3 aromatic rings. The van der Waals surface area contributed by atoms with Crippen LogP contribution in [0.5, 0.6) is 0 Å². The Morgan fingerprint density at radius 2 is 2.28 bits per heavy atom. The maximum absolute atomic E-state index is 12.6. The number of nitrogens with one attached hydrogen (secondary N) is 1. The molecule has 25 heavy (non-hydrogen) atoms. The van der Waals surface area contributed by atoms with Gasteiger partial charge in [-0.15, -0.1) is 0 Å². The molecule has 128 valence electrons. The fraction of sp³-hybridized carbons (Fsp3) is 0.316. The second kappa shape index (κ2) is 6.20. The number of nitrogens with zero attached hydrogens (tertiary/aromatic N) is 3. The molecule has 1 amide bonds. The molecule has 0 saturated carbocycles. The largest absolute Gasteiger partial charge is 0.361 e. The number of carbonyl (C=O) groups excluding carboxylic acids is 1. The summed E-state index contributed by atoms with van der Waals surface area (Å²) < 4.78 is 5.15. The van der Waals surface area contributed by atoms with Gasteiger partial charge in [0.1, 0.15) is 11.4 Å². The van der Waals surface area contributed by atoms with Gasteiger partial charge in [0.25, 0.3) is 0 Å². The molecule has 0 spiro atoms. The number of aryl methyl sites for hydroxylation is 2. The molecule has 1 aliphatic heterocycles. The quantitative estimate of drug-likeness (QED) is 0.798. The highest BCUT2D eigenvalue weighted by Crippen LogP contribution is 2.28. The molecule has 0 fully saturated rings. The molecule has 1 aliphatic rings. The van der Waals surface area contributed by atoms with Crippen molar-refractivity contribution in [2.75, 3.05) is 13.1 Å². The molecule has 4 heterocycles. The van der Waals surface area contributed by atoms with E-state index < -0.39 is 0 Å². The summed E-state index contributed by atoms with van der Waals surface area (Å²) in [5.41, 5.74) is 5.05. The normalized spacial score (nSPS) is 14.8. The summed E-state index contributed by atoms with van der Waals surface area (Å²) >= 11 is 0. The molecule has 0 unspecified atom stereocenters. The Bertz CT molecular complexity index is 947. The third-order valence-electron chi connectivity index (χ3n) is 4.87. The van der Waals surface area contributed by atoms with Crippen LogP contribution in [0, 0.1) is 13.8 Å². The lowest BCUT2D eigenvalue weighted by Crippen LogP contribution is -2.35. The summed E-state index contributed by atoms with van der Waals surface area (Å²) in [7, 11) is 0. The number of pyridine rings is 1. The molecule has 1 N–H and O–H groups in total. The van der Waals surface area contributed by atoms with E-state index in [-0.39, 0.29) is 5.91 Å². The average molecular weight is 336 g/mol. The minimum absolute atomic E-state index is 0.116. The third kappa shape index (κ3) is 2.84. The van der Waals surface area contributed by atoms with Crippen LogP contribution >= 0.6 is 0 Å². The van der Waals surface area contributed by atoms with Crippen molar-refractivity contribution < 1.29 is 9.32 Å². The molecular weight excluding hydrogens is 316 g/mol. The number of amides is 1. The molecular formula is C19H20N4O2. The van der Waals surface area contributed by atoms with Crippen LogP contribution in [0.25, 0.3) is 16.6 Å². The number of aromatic amines is 1. The molecule has 0 atom stereocenters. The second-order valence-corrected chi connectivity index (χ2v) is 6.40. The van der Waals surface area contributed by atoms with Crippen LogP contribution in [0.3, 0.4) is 0 Å². The number of rotatable bonds is 3. The summed E-state index contributed by atoms with van der Waals surface area (Å²) in [6, 6.07) is 4.02.